The molecule has 0 amide bonds. The molecule has 3 nitrogen and oxygen atoms in total. The van der Waals surface area contributed by atoms with Crippen molar-refractivity contribution in [3.05, 3.63) is 42.0 Å². The first-order valence-corrected chi connectivity index (χ1v) is 5.07. The third-order valence-electron chi connectivity index (χ3n) is 2.18. The van der Waals surface area contributed by atoms with Crippen molar-refractivity contribution in [2.45, 2.75) is 13.3 Å². The maximum Gasteiger partial charge on any atom is 0.310 e. The third-order valence-corrected chi connectivity index (χ3v) is 2.18. The minimum absolute atomic E-state index is 0.252. The summed E-state index contributed by atoms with van der Waals surface area (Å²) in [7, 11) is 1.61. The first kappa shape index (κ1) is 12.3. The molecule has 0 saturated heterocycles. The summed E-state index contributed by atoms with van der Waals surface area (Å²) in [6, 6.07) is 5.67. The highest BCUT2D eigenvalue weighted by Crippen LogP contribution is 2.19. The van der Waals surface area contributed by atoms with Crippen LogP contribution in [-0.4, -0.2) is 19.7 Å². The van der Waals surface area contributed by atoms with E-state index in [0.717, 1.165) is 16.9 Å². The standard InChI is InChI=1S/C13H16O3/c1-4-7-16-13(14)9-11-6-5-10(2)12(8-11)15-3/h4-6,8H,1,7,9H2,2-3H3. The molecule has 0 spiro atoms. The minimum atomic E-state index is -0.259. The molecule has 0 unspecified atom stereocenters. The Kier molecular flexibility index (Phi) is 4.58. The minimum Gasteiger partial charge on any atom is -0.496 e. The smallest absolute Gasteiger partial charge is 0.310 e. The summed E-state index contributed by atoms with van der Waals surface area (Å²) in [5.41, 5.74) is 1.93. The lowest BCUT2D eigenvalue weighted by atomic mass is 10.1. The summed E-state index contributed by atoms with van der Waals surface area (Å²) in [5, 5.41) is 0. The molecule has 1 aromatic rings. The van der Waals surface area contributed by atoms with E-state index in [-0.39, 0.29) is 19.0 Å². The molecule has 0 atom stereocenters. The van der Waals surface area contributed by atoms with E-state index in [0.29, 0.717) is 0 Å². The van der Waals surface area contributed by atoms with Crippen LogP contribution in [0.3, 0.4) is 0 Å². The summed E-state index contributed by atoms with van der Waals surface area (Å²) in [5.74, 6) is 0.528. The summed E-state index contributed by atoms with van der Waals surface area (Å²) in [6.07, 6.45) is 1.80. The monoisotopic (exact) mass is 220 g/mol. The molecule has 0 radical (unpaired) electrons. The van der Waals surface area contributed by atoms with Gasteiger partial charge < -0.3 is 9.47 Å². The van der Waals surface area contributed by atoms with Gasteiger partial charge in [0.2, 0.25) is 0 Å². The number of rotatable bonds is 5. The molecule has 0 aliphatic rings. The molecule has 0 heterocycles. The number of ether oxygens (including phenoxy) is 2. The van der Waals surface area contributed by atoms with Crippen LogP contribution in [0.2, 0.25) is 0 Å². The molecular formula is C13H16O3. The number of aryl methyl sites for hydroxylation is 1. The number of hydrogen-bond acceptors (Lipinski definition) is 3. The van der Waals surface area contributed by atoms with Gasteiger partial charge in [-0.05, 0) is 24.1 Å². The van der Waals surface area contributed by atoms with Gasteiger partial charge in [0, 0.05) is 0 Å². The SMILES string of the molecule is C=CCOC(=O)Cc1ccc(C)c(OC)c1. The zero-order valence-electron chi connectivity index (χ0n) is 9.66. The lowest BCUT2D eigenvalue weighted by molar-refractivity contribution is -0.141. The Hall–Kier alpha value is -1.77. The Morgan fingerprint density at radius 3 is 2.88 bits per heavy atom. The van der Waals surface area contributed by atoms with Gasteiger partial charge in [0.15, 0.2) is 0 Å². The number of carbonyl (C=O) groups is 1. The van der Waals surface area contributed by atoms with E-state index < -0.39 is 0 Å². The van der Waals surface area contributed by atoms with Crippen LogP contribution in [0.15, 0.2) is 30.9 Å². The molecular weight excluding hydrogens is 204 g/mol. The van der Waals surface area contributed by atoms with Gasteiger partial charge >= 0.3 is 5.97 Å². The number of benzene rings is 1. The highest BCUT2D eigenvalue weighted by molar-refractivity contribution is 5.72. The molecule has 0 aliphatic heterocycles. The molecule has 3 heteroatoms. The van der Waals surface area contributed by atoms with E-state index in [9.17, 15) is 4.79 Å². The Labute approximate surface area is 95.7 Å². The first-order chi connectivity index (χ1) is 7.67. The number of hydrogen-bond donors (Lipinski definition) is 0. The van der Waals surface area contributed by atoms with Crippen molar-refractivity contribution in [1.82, 2.24) is 0 Å². The molecule has 0 saturated carbocycles. The van der Waals surface area contributed by atoms with Gasteiger partial charge in [0.25, 0.3) is 0 Å². The fourth-order valence-corrected chi connectivity index (χ4v) is 1.34. The first-order valence-electron chi connectivity index (χ1n) is 5.07. The molecule has 0 N–H and O–H groups in total. The van der Waals surface area contributed by atoms with Crippen molar-refractivity contribution in [3.8, 4) is 5.75 Å². The third kappa shape index (κ3) is 3.42. The van der Waals surface area contributed by atoms with Gasteiger partial charge in [-0.15, -0.1) is 0 Å². The second-order valence-corrected chi connectivity index (χ2v) is 3.45. The topological polar surface area (TPSA) is 35.5 Å². The van der Waals surface area contributed by atoms with Crippen molar-refractivity contribution in [3.63, 3.8) is 0 Å². The average molecular weight is 220 g/mol. The Morgan fingerprint density at radius 1 is 1.50 bits per heavy atom. The van der Waals surface area contributed by atoms with Crippen LogP contribution in [0.1, 0.15) is 11.1 Å². The van der Waals surface area contributed by atoms with Gasteiger partial charge in [0.1, 0.15) is 12.4 Å². The van der Waals surface area contributed by atoms with Crippen LogP contribution >= 0.6 is 0 Å². The molecule has 1 rings (SSSR count). The van der Waals surface area contributed by atoms with E-state index in [2.05, 4.69) is 6.58 Å². The van der Waals surface area contributed by atoms with Gasteiger partial charge in [-0.1, -0.05) is 24.8 Å². The molecule has 0 bridgehead atoms. The van der Waals surface area contributed by atoms with Crippen molar-refractivity contribution < 1.29 is 14.3 Å². The van der Waals surface area contributed by atoms with Crippen molar-refractivity contribution in [2.24, 2.45) is 0 Å². The Balaban J connectivity index is 2.66. The van der Waals surface area contributed by atoms with Crippen molar-refractivity contribution >= 4 is 5.97 Å². The van der Waals surface area contributed by atoms with Crippen molar-refractivity contribution in [1.29, 1.82) is 0 Å². The second-order valence-electron chi connectivity index (χ2n) is 3.45. The molecule has 0 aliphatic carbocycles. The fourth-order valence-electron chi connectivity index (χ4n) is 1.34. The summed E-state index contributed by atoms with van der Waals surface area (Å²) in [6.45, 7) is 5.69. The van der Waals surface area contributed by atoms with Crippen LogP contribution < -0.4 is 4.74 Å². The largest absolute Gasteiger partial charge is 0.496 e. The van der Waals surface area contributed by atoms with Crippen LogP contribution in [0.5, 0.6) is 5.75 Å². The number of methoxy groups -OCH3 is 1. The highest BCUT2D eigenvalue weighted by Gasteiger charge is 2.06. The normalized spacial score (nSPS) is 9.62. The predicted molar refractivity (Wildman–Crippen MR) is 62.6 cm³/mol. The Bertz CT molecular complexity index is 383. The molecule has 86 valence electrons. The van der Waals surface area contributed by atoms with Gasteiger partial charge in [0.05, 0.1) is 13.5 Å². The van der Waals surface area contributed by atoms with Crippen LogP contribution in [0.4, 0.5) is 0 Å². The molecule has 0 aromatic heterocycles. The second kappa shape index (κ2) is 5.95. The maximum absolute atomic E-state index is 11.3. The zero-order chi connectivity index (χ0) is 12.0. The molecule has 0 fully saturated rings. The quantitative estimate of drug-likeness (QED) is 0.564. The van der Waals surface area contributed by atoms with Crippen LogP contribution in [0, 0.1) is 6.92 Å². The van der Waals surface area contributed by atoms with Gasteiger partial charge in [-0.2, -0.15) is 0 Å². The summed E-state index contributed by atoms with van der Waals surface area (Å²) < 4.78 is 10.1. The highest BCUT2D eigenvalue weighted by atomic mass is 16.5. The summed E-state index contributed by atoms with van der Waals surface area (Å²) >= 11 is 0. The van der Waals surface area contributed by atoms with Crippen molar-refractivity contribution in [2.75, 3.05) is 13.7 Å². The summed E-state index contributed by atoms with van der Waals surface area (Å²) in [4.78, 5) is 11.3. The van der Waals surface area contributed by atoms with E-state index in [1.54, 1.807) is 13.2 Å². The molecule has 1 aromatic carbocycles. The zero-order valence-corrected chi connectivity index (χ0v) is 9.66. The number of carbonyl (C=O) groups excluding carboxylic acids is 1. The lowest BCUT2D eigenvalue weighted by Gasteiger charge is -2.07. The molecule has 16 heavy (non-hydrogen) atoms. The lowest BCUT2D eigenvalue weighted by Crippen LogP contribution is -2.08. The fraction of sp³-hybridized carbons (Fsp3) is 0.308. The van der Waals surface area contributed by atoms with E-state index in [1.165, 1.54) is 0 Å². The van der Waals surface area contributed by atoms with Crippen LogP contribution in [-0.2, 0) is 16.0 Å². The number of esters is 1. The Morgan fingerprint density at radius 2 is 2.25 bits per heavy atom. The average Bonchev–Trinajstić information content (AvgIpc) is 2.29. The van der Waals surface area contributed by atoms with Crippen LogP contribution in [0.25, 0.3) is 0 Å². The van der Waals surface area contributed by atoms with E-state index in [1.807, 2.05) is 25.1 Å². The van der Waals surface area contributed by atoms with Gasteiger partial charge in [-0.25, -0.2) is 0 Å². The predicted octanol–water partition coefficient (Wildman–Crippen LogP) is 2.28. The van der Waals surface area contributed by atoms with E-state index >= 15 is 0 Å². The van der Waals surface area contributed by atoms with E-state index in [4.69, 9.17) is 9.47 Å². The maximum atomic E-state index is 11.3. The van der Waals surface area contributed by atoms with Gasteiger partial charge in [-0.3, -0.25) is 4.79 Å².